The van der Waals surface area contributed by atoms with Gasteiger partial charge in [-0.25, -0.2) is 0 Å². The van der Waals surface area contributed by atoms with E-state index in [0.29, 0.717) is 0 Å². The van der Waals surface area contributed by atoms with Gasteiger partial charge in [0.25, 0.3) is 0 Å². The second kappa shape index (κ2) is 4.91. The second-order valence-electron chi connectivity index (χ2n) is 5.29. The van der Waals surface area contributed by atoms with Gasteiger partial charge in [-0.3, -0.25) is 0 Å². The van der Waals surface area contributed by atoms with E-state index >= 15 is 0 Å². The van der Waals surface area contributed by atoms with E-state index in [9.17, 15) is 0 Å². The standard InChI is InChI=1S/C15H21Br/c1-10-5-4-6-11(2)14(10)9-13-7-8-15(16)12(13)3/h4-6,12-13,15H,7-9H2,1-3H3. The molecule has 0 amide bonds. The summed E-state index contributed by atoms with van der Waals surface area (Å²) >= 11 is 3.79. The molecule has 1 aromatic rings. The minimum atomic E-state index is 0.738. The van der Waals surface area contributed by atoms with Gasteiger partial charge < -0.3 is 0 Å². The first-order valence-electron chi connectivity index (χ1n) is 6.28. The first-order valence-corrected chi connectivity index (χ1v) is 7.20. The van der Waals surface area contributed by atoms with Crippen molar-refractivity contribution in [1.82, 2.24) is 0 Å². The Balaban J connectivity index is 2.15. The molecule has 0 saturated heterocycles. The van der Waals surface area contributed by atoms with E-state index in [1.54, 1.807) is 5.56 Å². The maximum absolute atomic E-state index is 3.79. The lowest BCUT2D eigenvalue weighted by atomic mass is 9.87. The molecule has 1 aromatic carbocycles. The Morgan fingerprint density at radius 2 is 1.81 bits per heavy atom. The lowest BCUT2D eigenvalue weighted by Gasteiger charge is -2.19. The molecule has 0 N–H and O–H groups in total. The molecule has 1 heteroatoms. The Kier molecular flexibility index (Phi) is 3.73. The summed E-state index contributed by atoms with van der Waals surface area (Å²) in [5.74, 6) is 1.68. The number of aryl methyl sites for hydroxylation is 2. The molecule has 1 fully saturated rings. The maximum Gasteiger partial charge on any atom is 0.0174 e. The summed E-state index contributed by atoms with van der Waals surface area (Å²) in [5.41, 5.74) is 4.51. The molecule has 1 aliphatic rings. The van der Waals surface area contributed by atoms with E-state index in [2.05, 4.69) is 54.9 Å². The Bertz CT molecular complexity index is 349. The van der Waals surface area contributed by atoms with E-state index in [1.165, 1.54) is 30.4 Å². The van der Waals surface area contributed by atoms with Crippen LogP contribution in [0.1, 0.15) is 36.5 Å². The highest BCUT2D eigenvalue weighted by atomic mass is 79.9. The van der Waals surface area contributed by atoms with E-state index < -0.39 is 0 Å². The Morgan fingerprint density at radius 1 is 1.19 bits per heavy atom. The van der Waals surface area contributed by atoms with Crippen molar-refractivity contribution in [2.45, 2.75) is 44.9 Å². The molecule has 0 spiro atoms. The predicted molar refractivity (Wildman–Crippen MR) is 74.2 cm³/mol. The Hall–Kier alpha value is -0.300. The average Bonchev–Trinajstić information content (AvgIpc) is 2.55. The van der Waals surface area contributed by atoms with Crippen LogP contribution >= 0.6 is 15.9 Å². The van der Waals surface area contributed by atoms with Gasteiger partial charge in [-0.15, -0.1) is 0 Å². The van der Waals surface area contributed by atoms with Crippen LogP contribution in [0.3, 0.4) is 0 Å². The highest BCUT2D eigenvalue weighted by Gasteiger charge is 2.31. The normalized spacial score (nSPS) is 29.6. The topological polar surface area (TPSA) is 0 Å². The number of benzene rings is 1. The van der Waals surface area contributed by atoms with Gasteiger partial charge in [0, 0.05) is 4.83 Å². The van der Waals surface area contributed by atoms with Gasteiger partial charge in [-0.05, 0) is 61.6 Å². The highest BCUT2D eigenvalue weighted by Crippen LogP contribution is 2.39. The SMILES string of the molecule is Cc1cccc(C)c1CC1CCC(Br)C1C. The summed E-state index contributed by atoms with van der Waals surface area (Å²) in [7, 11) is 0. The minimum Gasteiger partial charge on any atom is -0.0888 e. The molecule has 2 rings (SSSR count). The van der Waals surface area contributed by atoms with Crippen molar-refractivity contribution in [3.63, 3.8) is 0 Å². The first kappa shape index (κ1) is 12.2. The summed E-state index contributed by atoms with van der Waals surface area (Å²) in [6, 6.07) is 6.65. The zero-order valence-electron chi connectivity index (χ0n) is 10.5. The van der Waals surface area contributed by atoms with Crippen molar-refractivity contribution < 1.29 is 0 Å². The monoisotopic (exact) mass is 280 g/mol. The van der Waals surface area contributed by atoms with E-state index in [1.807, 2.05) is 0 Å². The highest BCUT2D eigenvalue weighted by molar-refractivity contribution is 9.09. The van der Waals surface area contributed by atoms with Crippen LogP contribution in [0.25, 0.3) is 0 Å². The lowest BCUT2D eigenvalue weighted by Crippen LogP contribution is -2.14. The zero-order valence-corrected chi connectivity index (χ0v) is 12.0. The third kappa shape index (κ3) is 2.34. The van der Waals surface area contributed by atoms with Crippen molar-refractivity contribution in [3.05, 3.63) is 34.9 Å². The van der Waals surface area contributed by atoms with Crippen LogP contribution < -0.4 is 0 Å². The number of rotatable bonds is 2. The van der Waals surface area contributed by atoms with E-state index in [4.69, 9.17) is 0 Å². The van der Waals surface area contributed by atoms with Gasteiger partial charge in [0.05, 0.1) is 0 Å². The van der Waals surface area contributed by atoms with Crippen LogP contribution in [-0.2, 0) is 6.42 Å². The van der Waals surface area contributed by atoms with Crippen molar-refractivity contribution in [1.29, 1.82) is 0 Å². The molecule has 0 aliphatic heterocycles. The maximum atomic E-state index is 3.79. The number of hydrogen-bond donors (Lipinski definition) is 0. The van der Waals surface area contributed by atoms with Crippen LogP contribution in [0.4, 0.5) is 0 Å². The number of alkyl halides is 1. The van der Waals surface area contributed by atoms with Crippen LogP contribution in [0.5, 0.6) is 0 Å². The molecule has 0 bridgehead atoms. The fourth-order valence-electron chi connectivity index (χ4n) is 2.92. The van der Waals surface area contributed by atoms with Gasteiger partial charge in [-0.1, -0.05) is 41.1 Å². The predicted octanol–water partition coefficient (Wildman–Crippen LogP) is 4.66. The van der Waals surface area contributed by atoms with Crippen molar-refractivity contribution in [3.8, 4) is 0 Å². The molecule has 3 unspecified atom stereocenters. The van der Waals surface area contributed by atoms with Crippen molar-refractivity contribution in [2.24, 2.45) is 11.8 Å². The Labute approximate surface area is 108 Å². The third-order valence-electron chi connectivity index (χ3n) is 4.24. The van der Waals surface area contributed by atoms with Gasteiger partial charge in [0.2, 0.25) is 0 Å². The number of halogens is 1. The van der Waals surface area contributed by atoms with E-state index in [0.717, 1.165) is 16.7 Å². The van der Waals surface area contributed by atoms with Crippen molar-refractivity contribution in [2.75, 3.05) is 0 Å². The zero-order chi connectivity index (χ0) is 11.7. The summed E-state index contributed by atoms with van der Waals surface area (Å²) in [6.07, 6.45) is 3.99. The fraction of sp³-hybridized carbons (Fsp3) is 0.600. The molecule has 3 atom stereocenters. The fourth-order valence-corrected chi connectivity index (χ4v) is 3.61. The quantitative estimate of drug-likeness (QED) is 0.692. The van der Waals surface area contributed by atoms with Crippen LogP contribution in [0, 0.1) is 25.7 Å². The first-order chi connectivity index (χ1) is 7.59. The second-order valence-corrected chi connectivity index (χ2v) is 6.46. The molecule has 0 nitrogen and oxygen atoms in total. The van der Waals surface area contributed by atoms with Gasteiger partial charge in [0.15, 0.2) is 0 Å². The molecular formula is C15H21Br. The molecular weight excluding hydrogens is 260 g/mol. The van der Waals surface area contributed by atoms with Crippen LogP contribution in [0.15, 0.2) is 18.2 Å². The lowest BCUT2D eigenvalue weighted by molar-refractivity contribution is 0.422. The third-order valence-corrected chi connectivity index (χ3v) is 5.53. The molecule has 0 aromatic heterocycles. The van der Waals surface area contributed by atoms with Gasteiger partial charge in [0.1, 0.15) is 0 Å². The van der Waals surface area contributed by atoms with Crippen LogP contribution in [0.2, 0.25) is 0 Å². The summed E-state index contributed by atoms with van der Waals surface area (Å²) in [5, 5.41) is 0. The number of hydrogen-bond acceptors (Lipinski definition) is 0. The summed E-state index contributed by atoms with van der Waals surface area (Å²) in [4.78, 5) is 0.738. The molecule has 1 saturated carbocycles. The molecule has 88 valence electrons. The van der Waals surface area contributed by atoms with Crippen molar-refractivity contribution >= 4 is 15.9 Å². The van der Waals surface area contributed by atoms with Crippen LogP contribution in [-0.4, -0.2) is 4.83 Å². The minimum absolute atomic E-state index is 0.738. The average molecular weight is 281 g/mol. The Morgan fingerprint density at radius 3 is 2.31 bits per heavy atom. The molecule has 1 aliphatic carbocycles. The summed E-state index contributed by atoms with van der Waals surface area (Å²) in [6.45, 7) is 6.88. The van der Waals surface area contributed by atoms with Gasteiger partial charge in [-0.2, -0.15) is 0 Å². The molecule has 0 radical (unpaired) electrons. The largest absolute Gasteiger partial charge is 0.0888 e. The smallest absolute Gasteiger partial charge is 0.0174 e. The van der Waals surface area contributed by atoms with Gasteiger partial charge >= 0.3 is 0 Å². The summed E-state index contributed by atoms with van der Waals surface area (Å²) < 4.78 is 0. The molecule has 0 heterocycles. The van der Waals surface area contributed by atoms with E-state index in [-0.39, 0.29) is 0 Å². The molecule has 16 heavy (non-hydrogen) atoms.